The Bertz CT molecular complexity index is 737. The molecule has 2 aromatic rings. The van der Waals surface area contributed by atoms with E-state index in [-0.39, 0.29) is 0 Å². The van der Waals surface area contributed by atoms with Crippen molar-refractivity contribution >= 4 is 28.6 Å². The molecule has 5 nitrogen and oxygen atoms in total. The molecule has 2 N–H and O–H groups in total. The van der Waals surface area contributed by atoms with E-state index in [9.17, 15) is 0 Å². The molecule has 1 fully saturated rings. The third kappa shape index (κ3) is 4.07. The molecule has 6 heteroatoms. The number of nitrogens with zero attached hydrogens (tertiary/aromatic N) is 3. The van der Waals surface area contributed by atoms with Gasteiger partial charge in [0.1, 0.15) is 0 Å². The minimum atomic E-state index is 0.697. The molecule has 126 valence electrons. The Morgan fingerprint density at radius 2 is 2.25 bits per heavy atom. The third-order valence-electron chi connectivity index (χ3n) is 4.03. The maximum atomic E-state index is 4.56. The number of hydrogen-bond donors (Lipinski definition) is 2. The van der Waals surface area contributed by atoms with Crippen molar-refractivity contribution < 1.29 is 0 Å². The lowest BCUT2D eigenvalue weighted by Gasteiger charge is -2.30. The average Bonchev–Trinajstić information content (AvgIpc) is 2.65. The molecule has 2 heterocycles. The molecule has 0 radical (unpaired) electrons. The highest BCUT2D eigenvalue weighted by molar-refractivity contribution is 7.98. The summed E-state index contributed by atoms with van der Waals surface area (Å²) in [4.78, 5) is 12.5. The standard InChI is InChI=1S/C18H23N5S/c1-3-20-18(23-8-6-19-7-9-23)22-13-14-10-15-11-16(24-2)4-5-17(15)21-12-14/h3-5,10-12,19H,1,6-9,13H2,2H3,(H,20,22). The van der Waals surface area contributed by atoms with Crippen LogP contribution in [-0.2, 0) is 6.54 Å². The highest BCUT2D eigenvalue weighted by Gasteiger charge is 2.13. The van der Waals surface area contributed by atoms with Crippen LogP contribution in [0.3, 0.4) is 0 Å². The van der Waals surface area contributed by atoms with Crippen molar-refractivity contribution in [1.82, 2.24) is 20.5 Å². The summed E-state index contributed by atoms with van der Waals surface area (Å²) < 4.78 is 0. The Hall–Kier alpha value is -2.05. The molecular weight excluding hydrogens is 318 g/mol. The summed E-state index contributed by atoms with van der Waals surface area (Å²) in [6, 6.07) is 8.56. The van der Waals surface area contributed by atoms with Gasteiger partial charge in [-0.05, 0) is 36.1 Å². The van der Waals surface area contributed by atoms with Gasteiger partial charge in [-0.15, -0.1) is 11.8 Å². The second kappa shape index (κ2) is 8.17. The monoisotopic (exact) mass is 341 g/mol. The van der Waals surface area contributed by atoms with E-state index in [1.54, 1.807) is 18.0 Å². The summed E-state index contributed by atoms with van der Waals surface area (Å²) in [5.41, 5.74) is 2.17. The first kappa shape index (κ1) is 16.8. The average molecular weight is 341 g/mol. The van der Waals surface area contributed by atoms with Gasteiger partial charge in [0.2, 0.25) is 0 Å². The minimum absolute atomic E-state index is 0.697. The van der Waals surface area contributed by atoms with E-state index in [4.69, 9.17) is 0 Å². The van der Waals surface area contributed by atoms with E-state index >= 15 is 0 Å². The maximum absolute atomic E-state index is 4.56. The van der Waals surface area contributed by atoms with Gasteiger partial charge in [0.15, 0.2) is 5.96 Å². The van der Waals surface area contributed by atoms with Gasteiger partial charge in [0.05, 0.1) is 5.52 Å². The molecule has 1 aliphatic rings. The number of guanidine groups is 1. The van der Waals surface area contributed by atoms with Crippen molar-refractivity contribution in [2.75, 3.05) is 32.4 Å². The van der Waals surface area contributed by atoms with Crippen molar-refractivity contribution in [3.63, 3.8) is 0 Å². The maximum Gasteiger partial charge on any atom is 0.198 e. The zero-order valence-electron chi connectivity index (χ0n) is 14.0. The highest BCUT2D eigenvalue weighted by Crippen LogP contribution is 2.21. The van der Waals surface area contributed by atoms with E-state index in [1.165, 1.54) is 10.3 Å². The summed E-state index contributed by atoms with van der Waals surface area (Å²) in [5, 5.41) is 7.96. The van der Waals surface area contributed by atoms with Crippen LogP contribution in [0.2, 0.25) is 0 Å². The molecule has 3 rings (SSSR count). The summed E-state index contributed by atoms with van der Waals surface area (Å²) in [7, 11) is 0. The van der Waals surface area contributed by atoms with E-state index in [2.05, 4.69) is 62.6 Å². The number of benzene rings is 1. The fourth-order valence-electron chi connectivity index (χ4n) is 2.76. The molecule has 1 aromatic heterocycles. The number of thioether (sulfide) groups is 1. The Labute approximate surface area is 147 Å². The molecule has 1 aliphatic heterocycles. The van der Waals surface area contributed by atoms with Gasteiger partial charge in [0, 0.05) is 55.4 Å². The quantitative estimate of drug-likeness (QED) is 0.508. The predicted octanol–water partition coefficient (Wildman–Crippen LogP) is 2.45. The molecule has 0 atom stereocenters. The molecule has 0 unspecified atom stereocenters. The van der Waals surface area contributed by atoms with Crippen molar-refractivity contribution in [2.24, 2.45) is 4.99 Å². The molecule has 0 aliphatic carbocycles. The van der Waals surface area contributed by atoms with Crippen LogP contribution in [0.4, 0.5) is 0 Å². The normalized spacial score (nSPS) is 15.5. The van der Waals surface area contributed by atoms with Gasteiger partial charge >= 0.3 is 0 Å². The van der Waals surface area contributed by atoms with Crippen molar-refractivity contribution in [1.29, 1.82) is 0 Å². The largest absolute Gasteiger partial charge is 0.352 e. The molecule has 0 spiro atoms. The first-order chi connectivity index (χ1) is 11.8. The highest BCUT2D eigenvalue weighted by atomic mass is 32.2. The van der Waals surface area contributed by atoms with Crippen molar-refractivity contribution in [3.8, 4) is 0 Å². The lowest BCUT2D eigenvalue weighted by Crippen LogP contribution is -2.50. The zero-order valence-corrected chi connectivity index (χ0v) is 14.8. The van der Waals surface area contributed by atoms with Gasteiger partial charge in [-0.1, -0.05) is 6.58 Å². The zero-order chi connectivity index (χ0) is 16.8. The van der Waals surface area contributed by atoms with Crippen LogP contribution in [0.25, 0.3) is 10.9 Å². The van der Waals surface area contributed by atoms with Crippen LogP contribution in [-0.4, -0.2) is 48.3 Å². The molecule has 0 saturated carbocycles. The fourth-order valence-corrected chi connectivity index (χ4v) is 3.21. The summed E-state index contributed by atoms with van der Waals surface area (Å²) >= 11 is 1.75. The van der Waals surface area contributed by atoms with Gasteiger partial charge in [-0.2, -0.15) is 0 Å². The number of nitrogens with one attached hydrogen (secondary N) is 2. The van der Waals surface area contributed by atoms with Crippen molar-refractivity contribution in [3.05, 3.63) is 48.8 Å². The molecule has 0 bridgehead atoms. The lowest BCUT2D eigenvalue weighted by atomic mass is 10.1. The van der Waals surface area contributed by atoms with Crippen LogP contribution in [0.1, 0.15) is 5.56 Å². The second-order valence-electron chi connectivity index (χ2n) is 5.63. The molecule has 0 amide bonds. The Kier molecular flexibility index (Phi) is 5.72. The first-order valence-electron chi connectivity index (χ1n) is 8.11. The van der Waals surface area contributed by atoms with Crippen molar-refractivity contribution in [2.45, 2.75) is 11.4 Å². The van der Waals surface area contributed by atoms with Crippen LogP contribution in [0, 0.1) is 0 Å². The number of aromatic nitrogens is 1. The van der Waals surface area contributed by atoms with Gasteiger partial charge in [0.25, 0.3) is 0 Å². The Morgan fingerprint density at radius 3 is 3.00 bits per heavy atom. The number of rotatable bonds is 4. The molecule has 24 heavy (non-hydrogen) atoms. The summed E-state index contributed by atoms with van der Waals surface area (Å²) in [6.45, 7) is 8.28. The molecule has 1 aromatic carbocycles. The van der Waals surface area contributed by atoms with Gasteiger partial charge < -0.3 is 15.5 Å². The van der Waals surface area contributed by atoms with Crippen LogP contribution >= 0.6 is 11.8 Å². The first-order valence-corrected chi connectivity index (χ1v) is 9.33. The smallest absolute Gasteiger partial charge is 0.198 e. The minimum Gasteiger partial charge on any atom is -0.352 e. The number of hydrogen-bond acceptors (Lipinski definition) is 4. The van der Waals surface area contributed by atoms with E-state index in [0.717, 1.165) is 43.2 Å². The van der Waals surface area contributed by atoms with Crippen LogP contribution in [0.5, 0.6) is 0 Å². The van der Waals surface area contributed by atoms with Gasteiger partial charge in [-0.25, -0.2) is 4.99 Å². The summed E-state index contributed by atoms with van der Waals surface area (Å²) in [5.74, 6) is 0.879. The topological polar surface area (TPSA) is 52.6 Å². The number of fused-ring (bicyclic) bond motifs is 1. The molecular formula is C18H23N5S. The van der Waals surface area contributed by atoms with E-state index in [1.807, 2.05) is 6.20 Å². The third-order valence-corrected chi connectivity index (χ3v) is 4.75. The Morgan fingerprint density at radius 1 is 1.42 bits per heavy atom. The SMILES string of the molecule is C=C/N=C(\NCc1cnc2ccc(SC)cc2c1)N1CCNCC1. The fraction of sp³-hybridized carbons (Fsp3) is 0.333. The second-order valence-corrected chi connectivity index (χ2v) is 6.51. The number of aliphatic imine (C=N–C) groups is 1. The summed E-state index contributed by atoms with van der Waals surface area (Å²) in [6.07, 6.45) is 5.61. The Balaban J connectivity index is 1.73. The number of piperazine rings is 1. The lowest BCUT2D eigenvalue weighted by molar-refractivity contribution is 0.346. The van der Waals surface area contributed by atoms with E-state index < -0.39 is 0 Å². The van der Waals surface area contributed by atoms with Crippen LogP contribution in [0.15, 0.2) is 53.1 Å². The van der Waals surface area contributed by atoms with E-state index in [0.29, 0.717) is 6.54 Å². The molecule has 1 saturated heterocycles. The number of pyridine rings is 1. The van der Waals surface area contributed by atoms with Gasteiger partial charge in [-0.3, -0.25) is 4.98 Å². The van der Waals surface area contributed by atoms with Crippen LogP contribution < -0.4 is 10.6 Å². The predicted molar refractivity (Wildman–Crippen MR) is 102 cm³/mol.